The zero-order chi connectivity index (χ0) is 15.5. The highest BCUT2D eigenvalue weighted by Crippen LogP contribution is 2.30. The van der Waals surface area contributed by atoms with Crippen LogP contribution in [0.2, 0.25) is 5.15 Å². The van der Waals surface area contributed by atoms with Crippen molar-refractivity contribution in [2.24, 2.45) is 5.14 Å². The van der Waals surface area contributed by atoms with E-state index in [0.29, 0.717) is 23.3 Å². The van der Waals surface area contributed by atoms with Gasteiger partial charge < -0.3 is 4.74 Å². The van der Waals surface area contributed by atoms with E-state index in [0.717, 1.165) is 12.8 Å². The van der Waals surface area contributed by atoms with Crippen LogP contribution in [0, 0.1) is 0 Å². The number of hydrogen-bond donors (Lipinski definition) is 1. The highest BCUT2D eigenvalue weighted by Gasteiger charge is 2.16. The lowest BCUT2D eigenvalue weighted by Gasteiger charge is -2.11. The standard InChI is InChI=1S/C14H15ClN2O3S/c1-2-3-4-9-20-11-6-7-12(21(16,18)19)10-5-8-13(15)17-14(10)11/h2,5-8H,1,3-4,9H2,(H2,16,18,19). The number of pyridine rings is 1. The van der Waals surface area contributed by atoms with Gasteiger partial charge in [-0.2, -0.15) is 0 Å². The minimum absolute atomic E-state index is 0.000100. The summed E-state index contributed by atoms with van der Waals surface area (Å²) >= 11 is 5.88. The van der Waals surface area contributed by atoms with E-state index in [2.05, 4.69) is 11.6 Å². The van der Waals surface area contributed by atoms with Crippen LogP contribution in [-0.4, -0.2) is 20.0 Å². The van der Waals surface area contributed by atoms with Gasteiger partial charge >= 0.3 is 0 Å². The van der Waals surface area contributed by atoms with Crippen LogP contribution < -0.4 is 9.88 Å². The minimum atomic E-state index is -3.84. The second-order valence-corrected chi connectivity index (χ2v) is 6.33. The Hall–Kier alpha value is -1.63. The lowest BCUT2D eigenvalue weighted by Crippen LogP contribution is -2.13. The maximum atomic E-state index is 11.6. The number of unbranched alkanes of at least 4 members (excludes halogenated alkanes) is 1. The van der Waals surface area contributed by atoms with Crippen LogP contribution in [0.3, 0.4) is 0 Å². The molecule has 0 radical (unpaired) electrons. The molecule has 0 aliphatic carbocycles. The van der Waals surface area contributed by atoms with Crippen LogP contribution in [0.25, 0.3) is 10.9 Å². The highest BCUT2D eigenvalue weighted by atomic mass is 35.5. The predicted molar refractivity (Wildman–Crippen MR) is 83.1 cm³/mol. The van der Waals surface area contributed by atoms with Gasteiger partial charge in [0.25, 0.3) is 0 Å². The summed E-state index contributed by atoms with van der Waals surface area (Å²) in [5.74, 6) is 0.476. The fraction of sp³-hybridized carbons (Fsp3) is 0.214. The van der Waals surface area contributed by atoms with E-state index in [1.807, 2.05) is 0 Å². The fourth-order valence-electron chi connectivity index (χ4n) is 1.92. The molecule has 0 fully saturated rings. The van der Waals surface area contributed by atoms with E-state index in [4.69, 9.17) is 21.5 Å². The molecule has 0 aliphatic heterocycles. The summed E-state index contributed by atoms with van der Waals surface area (Å²) in [6.07, 6.45) is 3.45. The molecule has 1 heterocycles. The number of ether oxygens (including phenoxy) is 1. The smallest absolute Gasteiger partial charge is 0.238 e. The van der Waals surface area contributed by atoms with E-state index >= 15 is 0 Å². The van der Waals surface area contributed by atoms with E-state index in [9.17, 15) is 8.42 Å². The molecule has 2 rings (SSSR count). The molecule has 0 aliphatic rings. The maximum absolute atomic E-state index is 11.6. The number of primary sulfonamides is 1. The Morgan fingerprint density at radius 1 is 1.33 bits per heavy atom. The van der Waals surface area contributed by atoms with Crippen LogP contribution in [0.15, 0.2) is 41.8 Å². The number of nitrogens with two attached hydrogens (primary N) is 1. The number of benzene rings is 1. The normalized spacial score (nSPS) is 11.5. The number of aromatic nitrogens is 1. The van der Waals surface area contributed by atoms with E-state index in [-0.39, 0.29) is 10.0 Å². The maximum Gasteiger partial charge on any atom is 0.238 e. The van der Waals surface area contributed by atoms with Crippen molar-refractivity contribution in [2.45, 2.75) is 17.7 Å². The summed E-state index contributed by atoms with van der Waals surface area (Å²) in [5, 5.41) is 5.86. The molecule has 0 saturated heterocycles. The van der Waals surface area contributed by atoms with Crippen LogP contribution in [-0.2, 0) is 10.0 Å². The molecule has 2 aromatic rings. The molecule has 7 heteroatoms. The second-order valence-electron chi connectivity index (χ2n) is 4.42. The van der Waals surface area contributed by atoms with Gasteiger partial charge in [0.05, 0.1) is 11.5 Å². The zero-order valence-electron chi connectivity index (χ0n) is 11.3. The van der Waals surface area contributed by atoms with Gasteiger partial charge in [0.1, 0.15) is 16.4 Å². The molecule has 5 nitrogen and oxygen atoms in total. The van der Waals surface area contributed by atoms with Crippen molar-refractivity contribution in [1.29, 1.82) is 0 Å². The Labute approximate surface area is 128 Å². The van der Waals surface area contributed by atoms with Crippen molar-refractivity contribution in [3.8, 4) is 5.75 Å². The quantitative estimate of drug-likeness (QED) is 0.502. The molecule has 1 aromatic heterocycles. The first kappa shape index (κ1) is 15.8. The Kier molecular flexibility index (Phi) is 4.82. The van der Waals surface area contributed by atoms with Crippen LogP contribution in [0.4, 0.5) is 0 Å². The Bertz CT molecular complexity index is 775. The molecule has 112 valence electrons. The molecule has 1 aromatic carbocycles. The first-order valence-corrected chi connectivity index (χ1v) is 8.21. The lowest BCUT2D eigenvalue weighted by molar-refractivity contribution is 0.315. The van der Waals surface area contributed by atoms with Crippen molar-refractivity contribution >= 4 is 32.5 Å². The number of nitrogens with zero attached hydrogens (tertiary/aromatic N) is 1. The Balaban J connectivity index is 2.48. The average Bonchev–Trinajstić information content (AvgIpc) is 2.42. The fourth-order valence-corrected chi connectivity index (χ4v) is 2.79. The lowest BCUT2D eigenvalue weighted by atomic mass is 10.2. The van der Waals surface area contributed by atoms with E-state index in [1.54, 1.807) is 18.2 Å². The number of rotatable bonds is 6. The summed E-state index contributed by atoms with van der Waals surface area (Å²) in [6.45, 7) is 4.12. The highest BCUT2D eigenvalue weighted by molar-refractivity contribution is 7.89. The topological polar surface area (TPSA) is 82.3 Å². The van der Waals surface area contributed by atoms with Gasteiger partial charge in [0.2, 0.25) is 10.0 Å². The molecular formula is C14H15ClN2O3S. The molecule has 0 amide bonds. The third kappa shape index (κ3) is 3.72. The number of halogens is 1. The van der Waals surface area contributed by atoms with Gasteiger partial charge in [-0.3, -0.25) is 0 Å². The number of fused-ring (bicyclic) bond motifs is 1. The van der Waals surface area contributed by atoms with Crippen LogP contribution >= 0.6 is 11.6 Å². The van der Waals surface area contributed by atoms with Crippen molar-refractivity contribution in [3.05, 3.63) is 42.1 Å². The van der Waals surface area contributed by atoms with Crippen molar-refractivity contribution in [1.82, 2.24) is 4.98 Å². The predicted octanol–water partition coefficient (Wildman–Crippen LogP) is 2.88. The van der Waals surface area contributed by atoms with Gasteiger partial charge in [-0.25, -0.2) is 18.5 Å². The molecule has 0 spiro atoms. The molecule has 21 heavy (non-hydrogen) atoms. The summed E-state index contributed by atoms with van der Waals surface area (Å²) in [5.41, 5.74) is 0.382. The molecule has 0 saturated carbocycles. The summed E-state index contributed by atoms with van der Waals surface area (Å²) in [4.78, 5) is 4.15. The first-order chi connectivity index (χ1) is 9.93. The molecular weight excluding hydrogens is 312 g/mol. The van der Waals surface area contributed by atoms with Crippen molar-refractivity contribution < 1.29 is 13.2 Å². The zero-order valence-corrected chi connectivity index (χ0v) is 12.8. The third-order valence-electron chi connectivity index (χ3n) is 2.86. The molecule has 0 unspecified atom stereocenters. The Morgan fingerprint density at radius 2 is 2.10 bits per heavy atom. The SMILES string of the molecule is C=CCCCOc1ccc(S(N)(=O)=O)c2ccc(Cl)nc12. The number of allylic oxidation sites excluding steroid dienone is 1. The largest absolute Gasteiger partial charge is 0.491 e. The van der Waals surface area contributed by atoms with Gasteiger partial charge in [0, 0.05) is 5.39 Å². The summed E-state index contributed by atoms with van der Waals surface area (Å²) < 4.78 is 28.9. The van der Waals surface area contributed by atoms with E-state index in [1.165, 1.54) is 12.1 Å². The summed E-state index contributed by atoms with van der Waals surface area (Å²) in [6, 6.07) is 6.04. The molecule has 2 N–H and O–H groups in total. The van der Waals surface area contributed by atoms with Gasteiger partial charge in [-0.15, -0.1) is 6.58 Å². The third-order valence-corrected chi connectivity index (χ3v) is 4.04. The van der Waals surface area contributed by atoms with Gasteiger partial charge in [-0.05, 0) is 37.1 Å². The van der Waals surface area contributed by atoms with Gasteiger partial charge in [-0.1, -0.05) is 17.7 Å². The van der Waals surface area contributed by atoms with Crippen molar-refractivity contribution in [2.75, 3.05) is 6.61 Å². The monoisotopic (exact) mass is 326 g/mol. The van der Waals surface area contributed by atoms with E-state index < -0.39 is 10.0 Å². The second kappa shape index (κ2) is 6.43. The number of sulfonamides is 1. The van der Waals surface area contributed by atoms with Crippen LogP contribution in [0.1, 0.15) is 12.8 Å². The molecule has 0 atom stereocenters. The van der Waals surface area contributed by atoms with Crippen LogP contribution in [0.5, 0.6) is 5.75 Å². The Morgan fingerprint density at radius 3 is 2.76 bits per heavy atom. The van der Waals surface area contributed by atoms with Crippen molar-refractivity contribution in [3.63, 3.8) is 0 Å². The minimum Gasteiger partial charge on any atom is -0.491 e. The van der Waals surface area contributed by atoms with Gasteiger partial charge in [0.15, 0.2) is 0 Å². The average molecular weight is 327 g/mol. The first-order valence-electron chi connectivity index (χ1n) is 6.29. The summed E-state index contributed by atoms with van der Waals surface area (Å²) in [7, 11) is -3.84. The number of hydrogen-bond acceptors (Lipinski definition) is 4. The molecule has 0 bridgehead atoms.